The summed E-state index contributed by atoms with van der Waals surface area (Å²) >= 11 is 13.1. The number of rotatable bonds is 19. The summed E-state index contributed by atoms with van der Waals surface area (Å²) in [5.41, 5.74) is 13.6. The number of hydrogen-bond acceptors (Lipinski definition) is 10. The van der Waals surface area contributed by atoms with Crippen LogP contribution in [0.2, 0.25) is 10.0 Å². The first-order chi connectivity index (χ1) is 32.6. The van der Waals surface area contributed by atoms with Crippen molar-refractivity contribution in [3.63, 3.8) is 0 Å². The summed E-state index contributed by atoms with van der Waals surface area (Å²) < 4.78 is 22.8. The maximum Gasteiger partial charge on any atom is 0.217 e. The molecule has 2 saturated heterocycles. The van der Waals surface area contributed by atoms with Gasteiger partial charge in [-0.15, -0.1) is 0 Å². The van der Waals surface area contributed by atoms with Gasteiger partial charge in [0.15, 0.2) is 11.6 Å². The van der Waals surface area contributed by atoms with E-state index in [-0.39, 0.29) is 35.7 Å². The van der Waals surface area contributed by atoms with Crippen molar-refractivity contribution in [1.29, 1.82) is 0 Å². The smallest absolute Gasteiger partial charge is 0.217 e. The second-order valence-corrected chi connectivity index (χ2v) is 17.7. The lowest BCUT2D eigenvalue weighted by Crippen LogP contribution is -2.47. The van der Waals surface area contributed by atoms with E-state index >= 15 is 0 Å². The van der Waals surface area contributed by atoms with Gasteiger partial charge in [-0.2, -0.15) is 0 Å². The number of para-hydroxylation sites is 2. The molecule has 0 spiro atoms. The summed E-state index contributed by atoms with van der Waals surface area (Å²) in [6, 6.07) is 26.2. The third kappa shape index (κ3) is 14.1. The van der Waals surface area contributed by atoms with Crippen molar-refractivity contribution in [2.45, 2.75) is 70.4 Å². The van der Waals surface area contributed by atoms with Crippen LogP contribution in [0.25, 0.3) is 22.5 Å². The molecule has 13 nitrogen and oxygen atoms in total. The van der Waals surface area contributed by atoms with Crippen LogP contribution in [0.1, 0.15) is 54.9 Å². The number of aromatic nitrogens is 4. The lowest BCUT2D eigenvalue weighted by Gasteiger charge is -2.29. The molecule has 0 radical (unpaired) electrons. The number of carbonyl (C=O) groups is 3. The SMILES string of the molecule is CC(=O)NC(C(=O)Cc1ccc(CCOc2ccccc2-c2cnc[nH]2)c(Cl)c1)C1CCOCC1.NC(C(=O)Cc1ccc(CCOc2ccccc2-c2cnc[nH]2)c(Cl)c1)C1CCOCC1. The zero-order valence-electron chi connectivity index (χ0n) is 37.7. The van der Waals surface area contributed by atoms with E-state index in [1.807, 2.05) is 84.9 Å². The summed E-state index contributed by atoms with van der Waals surface area (Å²) in [6.45, 7) is 4.98. The molecule has 2 aromatic heterocycles. The van der Waals surface area contributed by atoms with Crippen molar-refractivity contribution in [3.8, 4) is 34.0 Å². The van der Waals surface area contributed by atoms with E-state index in [4.69, 9.17) is 47.9 Å². The van der Waals surface area contributed by atoms with Crippen LogP contribution in [-0.2, 0) is 49.5 Å². The van der Waals surface area contributed by atoms with Crippen molar-refractivity contribution >= 4 is 40.7 Å². The van der Waals surface area contributed by atoms with Crippen molar-refractivity contribution in [1.82, 2.24) is 25.3 Å². The van der Waals surface area contributed by atoms with Crippen LogP contribution in [0, 0.1) is 11.8 Å². The molecular formula is C52H58Cl2N6O7. The van der Waals surface area contributed by atoms with Crippen LogP contribution < -0.4 is 20.5 Å². The average molecular weight is 950 g/mol. The fraction of sp³-hybridized carbons (Fsp3) is 0.365. The predicted octanol–water partition coefficient (Wildman–Crippen LogP) is 8.61. The number of H-pyrrole nitrogens is 2. The van der Waals surface area contributed by atoms with Crippen molar-refractivity contribution in [3.05, 3.63) is 142 Å². The Kier molecular flexibility index (Phi) is 18.2. The minimum Gasteiger partial charge on any atom is -0.493 e. The van der Waals surface area contributed by atoms with Crippen molar-refractivity contribution in [2.24, 2.45) is 17.6 Å². The van der Waals surface area contributed by atoms with Gasteiger partial charge in [0.1, 0.15) is 11.5 Å². The van der Waals surface area contributed by atoms with E-state index in [1.165, 1.54) is 6.92 Å². The molecule has 8 rings (SSSR count). The number of benzene rings is 4. The molecule has 0 aliphatic carbocycles. The highest BCUT2D eigenvalue weighted by molar-refractivity contribution is 6.31. The summed E-state index contributed by atoms with van der Waals surface area (Å²) in [7, 11) is 0. The van der Waals surface area contributed by atoms with Gasteiger partial charge >= 0.3 is 0 Å². The number of halogens is 2. The molecule has 5 N–H and O–H groups in total. The highest BCUT2D eigenvalue weighted by Crippen LogP contribution is 2.31. The number of nitrogens with zero attached hydrogens (tertiary/aromatic N) is 2. The molecule has 352 valence electrons. The largest absolute Gasteiger partial charge is 0.493 e. The van der Waals surface area contributed by atoms with Crippen molar-refractivity contribution < 1.29 is 33.3 Å². The van der Waals surface area contributed by atoms with Crippen LogP contribution in [-0.4, -0.2) is 89.1 Å². The van der Waals surface area contributed by atoms with Crippen LogP contribution >= 0.6 is 23.2 Å². The normalized spacial score (nSPS) is 15.2. The van der Waals surface area contributed by atoms with Gasteiger partial charge in [0, 0.05) is 80.2 Å². The number of aromatic amines is 2. The minimum absolute atomic E-state index is 0.00494. The molecule has 67 heavy (non-hydrogen) atoms. The fourth-order valence-electron chi connectivity index (χ4n) is 8.48. The summed E-state index contributed by atoms with van der Waals surface area (Å²) in [5, 5.41) is 4.09. The van der Waals surface area contributed by atoms with Crippen molar-refractivity contribution in [2.75, 3.05) is 39.6 Å². The van der Waals surface area contributed by atoms with Crippen LogP contribution in [0.4, 0.5) is 0 Å². The number of carbonyl (C=O) groups excluding carboxylic acids is 3. The molecule has 0 bridgehead atoms. The van der Waals surface area contributed by atoms with Gasteiger partial charge in [-0.3, -0.25) is 14.4 Å². The lowest BCUT2D eigenvalue weighted by molar-refractivity contribution is -0.128. The van der Waals surface area contributed by atoms with Gasteiger partial charge in [0.25, 0.3) is 0 Å². The Morgan fingerprint density at radius 3 is 1.60 bits per heavy atom. The number of Topliss-reactive ketones (excluding diaryl/α,β-unsaturated/α-hetero) is 2. The summed E-state index contributed by atoms with van der Waals surface area (Å²) in [6.07, 6.45) is 11.8. The molecule has 4 aromatic carbocycles. The highest BCUT2D eigenvalue weighted by Gasteiger charge is 2.31. The standard InChI is InChI=1S/C27H30ClN3O4.C25H28ClN3O3/c1-18(32)31-27(21-8-11-34-12-9-21)25(33)15-19-6-7-20(23(28)14-19)10-13-35-26-5-3-2-4-22(26)24-16-29-17-30-24;26-21-13-17(14-23(30)25(27)19-7-10-31-11-8-19)5-6-18(21)9-12-32-24-4-2-1-3-20(24)22-15-28-16-29-22/h2-7,14,16-17,21,27H,8-13,15H2,1H3,(H,29,30)(H,31,32);1-6,13,15-16,19,25H,7-12,14,27H2,(H,28,29). The van der Waals surface area contributed by atoms with E-state index in [0.29, 0.717) is 68.9 Å². The number of hydrogen-bond donors (Lipinski definition) is 4. The molecule has 6 aromatic rings. The molecule has 2 aliphatic heterocycles. The fourth-order valence-corrected chi connectivity index (χ4v) is 9.08. The molecular weight excluding hydrogens is 892 g/mol. The molecule has 2 fully saturated rings. The quantitative estimate of drug-likeness (QED) is 0.0614. The number of ether oxygens (including phenoxy) is 4. The summed E-state index contributed by atoms with van der Waals surface area (Å²) in [5.74, 6) is 1.71. The first kappa shape index (κ1) is 49.1. The van der Waals surface area contributed by atoms with E-state index in [2.05, 4.69) is 25.3 Å². The Bertz CT molecular complexity index is 2520. The second kappa shape index (κ2) is 24.8. The Balaban J connectivity index is 0.000000200. The first-order valence-electron chi connectivity index (χ1n) is 22.8. The number of amides is 1. The van der Waals surface area contributed by atoms with Gasteiger partial charge in [-0.25, -0.2) is 9.97 Å². The van der Waals surface area contributed by atoms with Crippen LogP contribution in [0.5, 0.6) is 11.5 Å². The van der Waals surface area contributed by atoms with E-state index in [1.54, 1.807) is 25.0 Å². The molecule has 2 atom stereocenters. The highest BCUT2D eigenvalue weighted by atomic mass is 35.5. The molecule has 4 heterocycles. The summed E-state index contributed by atoms with van der Waals surface area (Å²) in [4.78, 5) is 51.8. The molecule has 2 unspecified atom stereocenters. The number of nitrogens with two attached hydrogens (primary N) is 1. The Morgan fingerprint density at radius 2 is 1.15 bits per heavy atom. The molecule has 0 saturated carbocycles. The van der Waals surface area contributed by atoms with Gasteiger partial charge in [0.2, 0.25) is 5.91 Å². The first-order valence-corrected chi connectivity index (χ1v) is 23.6. The molecule has 2 aliphatic rings. The van der Waals surface area contributed by atoms with E-state index in [0.717, 1.165) is 82.0 Å². The minimum atomic E-state index is -0.502. The predicted molar refractivity (Wildman–Crippen MR) is 259 cm³/mol. The zero-order valence-corrected chi connectivity index (χ0v) is 39.2. The monoisotopic (exact) mass is 948 g/mol. The maximum atomic E-state index is 13.1. The van der Waals surface area contributed by atoms with Gasteiger partial charge in [-0.1, -0.05) is 71.7 Å². The second-order valence-electron chi connectivity index (χ2n) is 16.9. The zero-order chi connectivity index (χ0) is 47.0. The topological polar surface area (TPSA) is 184 Å². The van der Waals surface area contributed by atoms with E-state index in [9.17, 15) is 14.4 Å². The van der Waals surface area contributed by atoms with Crippen LogP contribution in [0.3, 0.4) is 0 Å². The number of ketones is 2. The Labute approximate surface area is 401 Å². The Hall–Kier alpha value is -5.83. The number of nitrogens with one attached hydrogen (secondary N) is 3. The lowest BCUT2D eigenvalue weighted by atomic mass is 9.87. The third-order valence-corrected chi connectivity index (χ3v) is 12.9. The molecule has 1 amide bonds. The molecule has 15 heteroatoms. The van der Waals surface area contributed by atoms with Gasteiger partial charge in [-0.05, 0) is 96.2 Å². The average Bonchev–Trinajstić information content (AvgIpc) is 4.10. The van der Waals surface area contributed by atoms with Gasteiger partial charge in [0.05, 0.1) is 61.7 Å². The van der Waals surface area contributed by atoms with Gasteiger partial charge < -0.3 is 40.0 Å². The maximum absolute atomic E-state index is 13.1. The third-order valence-electron chi connectivity index (χ3n) is 12.2. The van der Waals surface area contributed by atoms with E-state index < -0.39 is 12.1 Å². The Morgan fingerprint density at radius 1 is 0.687 bits per heavy atom. The number of imidazole rings is 2. The van der Waals surface area contributed by atoms with Crippen LogP contribution in [0.15, 0.2) is 110 Å².